The first kappa shape index (κ1) is 13.1. The van der Waals surface area contributed by atoms with Gasteiger partial charge in [0.1, 0.15) is 5.75 Å². The summed E-state index contributed by atoms with van der Waals surface area (Å²) in [5, 5.41) is 16.3. The summed E-state index contributed by atoms with van der Waals surface area (Å²) in [6, 6.07) is 7.01. The molecule has 1 aromatic carbocycles. The Labute approximate surface area is 122 Å². The van der Waals surface area contributed by atoms with E-state index in [-0.39, 0.29) is 5.90 Å². The zero-order valence-corrected chi connectivity index (χ0v) is 12.2. The van der Waals surface area contributed by atoms with Gasteiger partial charge in [-0.1, -0.05) is 12.1 Å². The summed E-state index contributed by atoms with van der Waals surface area (Å²) >= 11 is 1.57. The van der Waals surface area contributed by atoms with Crippen LogP contribution in [0.25, 0.3) is 0 Å². The molecule has 1 aliphatic carbocycles. The highest BCUT2D eigenvalue weighted by Crippen LogP contribution is 2.22. The van der Waals surface area contributed by atoms with Gasteiger partial charge in [0.15, 0.2) is 11.5 Å². The second-order valence-electron chi connectivity index (χ2n) is 4.81. The molecule has 0 N–H and O–H groups in total. The largest absolute Gasteiger partial charge is 0.854 e. The number of ether oxygens (including phenoxy) is 1. The van der Waals surface area contributed by atoms with E-state index >= 15 is 0 Å². The molecule has 1 aliphatic rings. The molecule has 1 aromatic heterocycles. The van der Waals surface area contributed by atoms with Crippen LogP contribution in [0.5, 0.6) is 5.75 Å². The van der Waals surface area contributed by atoms with E-state index in [9.17, 15) is 5.11 Å². The molecule has 1 heterocycles. The molecule has 0 fully saturated rings. The monoisotopic (exact) mass is 288 g/mol. The average molecular weight is 288 g/mol. The third-order valence-corrected chi connectivity index (χ3v) is 4.52. The van der Waals surface area contributed by atoms with Crippen LogP contribution in [0.3, 0.4) is 0 Å². The summed E-state index contributed by atoms with van der Waals surface area (Å²) in [5.74, 6) is 0.511. The summed E-state index contributed by atoms with van der Waals surface area (Å²) in [6.45, 7) is 0. The van der Waals surface area contributed by atoms with Crippen molar-refractivity contribution in [3.8, 4) is 5.75 Å². The Morgan fingerprint density at radius 3 is 2.70 bits per heavy atom. The fraction of sp³-hybridized carbons (Fsp3) is 0.333. The van der Waals surface area contributed by atoms with Crippen LogP contribution in [0.15, 0.2) is 35.6 Å². The number of rotatable bonds is 3. The lowest BCUT2D eigenvalue weighted by Crippen LogP contribution is -2.30. The van der Waals surface area contributed by atoms with Gasteiger partial charge in [-0.25, -0.2) is 0 Å². The van der Waals surface area contributed by atoms with E-state index in [4.69, 9.17) is 4.74 Å². The molecule has 0 amide bonds. The predicted octanol–water partition coefficient (Wildman–Crippen LogP) is 1.49. The van der Waals surface area contributed by atoms with Crippen LogP contribution in [-0.4, -0.2) is 13.0 Å². The lowest BCUT2D eigenvalue weighted by atomic mass is 10.0. The maximum absolute atomic E-state index is 12.1. The number of benzene rings is 1. The topological polar surface area (TPSA) is 48.5 Å². The highest BCUT2D eigenvalue weighted by Gasteiger charge is 2.19. The molecular weight excluding hydrogens is 272 g/mol. The Bertz CT molecular complexity index is 608. The Balaban J connectivity index is 1.84. The lowest BCUT2D eigenvalue weighted by Gasteiger charge is -2.06. The maximum Gasteiger partial charge on any atom is 0.222 e. The molecule has 2 aromatic rings. The highest BCUT2D eigenvalue weighted by atomic mass is 32.1. The summed E-state index contributed by atoms with van der Waals surface area (Å²) in [7, 11) is 1.60. The fourth-order valence-corrected chi connectivity index (χ4v) is 3.37. The Morgan fingerprint density at radius 2 is 2.00 bits per heavy atom. The molecule has 0 unspecified atom stereocenters. The van der Waals surface area contributed by atoms with Gasteiger partial charge >= 0.3 is 0 Å². The van der Waals surface area contributed by atoms with E-state index in [0.717, 1.165) is 18.6 Å². The summed E-state index contributed by atoms with van der Waals surface area (Å²) in [6.07, 6.45) is 6.67. The van der Waals surface area contributed by atoms with Crippen molar-refractivity contribution in [1.29, 1.82) is 0 Å². The van der Waals surface area contributed by atoms with Crippen molar-refractivity contribution in [3.05, 3.63) is 46.5 Å². The zero-order chi connectivity index (χ0) is 13.9. The van der Waals surface area contributed by atoms with Crippen LogP contribution < -0.4 is 13.9 Å². The highest BCUT2D eigenvalue weighted by molar-refractivity contribution is 7.01. The maximum atomic E-state index is 12.1. The van der Waals surface area contributed by atoms with Crippen LogP contribution in [0.2, 0.25) is 0 Å². The molecule has 104 valence electrons. The molecule has 0 saturated heterocycles. The average Bonchev–Trinajstić information content (AvgIpc) is 2.89. The standard InChI is InChI=1S/C15H16N2O2S/c1-19-13-8-6-11(7-9-13)15(18)16-17-10-12-4-2-3-5-14(12)20-17/h6-10H,2-5H2,1H3. The Hall–Kier alpha value is -1.88. The summed E-state index contributed by atoms with van der Waals surface area (Å²) < 4.78 is 6.77. The number of hydrogen-bond donors (Lipinski definition) is 0. The first-order valence-electron chi connectivity index (χ1n) is 6.70. The van der Waals surface area contributed by atoms with E-state index < -0.39 is 0 Å². The third-order valence-electron chi connectivity index (χ3n) is 3.45. The minimum absolute atomic E-state index is 0.226. The molecule has 0 bridgehead atoms. The molecule has 0 spiro atoms. The molecule has 0 atom stereocenters. The SMILES string of the molecule is COc1ccc(/C([O-])=N/[n+]2cc3c(s2)CCCC3)cc1. The normalized spacial score (nSPS) is 14.9. The van der Waals surface area contributed by atoms with Crippen molar-refractivity contribution in [2.45, 2.75) is 25.7 Å². The lowest BCUT2D eigenvalue weighted by molar-refractivity contribution is -0.612. The van der Waals surface area contributed by atoms with Crippen LogP contribution in [0.1, 0.15) is 28.8 Å². The van der Waals surface area contributed by atoms with Gasteiger partial charge in [0.2, 0.25) is 6.20 Å². The van der Waals surface area contributed by atoms with Gasteiger partial charge in [-0.2, -0.15) is 0 Å². The van der Waals surface area contributed by atoms with Gasteiger partial charge in [-0.3, -0.25) is 0 Å². The fourth-order valence-electron chi connectivity index (χ4n) is 2.34. The second-order valence-corrected chi connectivity index (χ2v) is 5.86. The quantitative estimate of drug-likeness (QED) is 0.488. The van der Waals surface area contributed by atoms with E-state index in [0.29, 0.717) is 5.56 Å². The van der Waals surface area contributed by atoms with Gasteiger partial charge in [-0.05, 0) is 43.4 Å². The molecule has 5 heteroatoms. The predicted molar refractivity (Wildman–Crippen MR) is 76.1 cm³/mol. The van der Waals surface area contributed by atoms with E-state index in [1.807, 2.05) is 6.20 Å². The van der Waals surface area contributed by atoms with Crippen molar-refractivity contribution in [2.75, 3.05) is 7.11 Å². The van der Waals surface area contributed by atoms with Crippen molar-refractivity contribution in [1.82, 2.24) is 0 Å². The van der Waals surface area contributed by atoms with E-state index in [1.165, 1.54) is 23.3 Å². The zero-order valence-electron chi connectivity index (χ0n) is 11.3. The number of methoxy groups -OCH3 is 1. The summed E-state index contributed by atoms with van der Waals surface area (Å²) in [4.78, 5) is 1.36. The van der Waals surface area contributed by atoms with E-state index in [2.05, 4.69) is 5.10 Å². The smallest absolute Gasteiger partial charge is 0.222 e. The number of aromatic nitrogens is 1. The van der Waals surface area contributed by atoms with Crippen molar-refractivity contribution >= 4 is 17.4 Å². The van der Waals surface area contributed by atoms with Crippen molar-refractivity contribution in [3.63, 3.8) is 0 Å². The first-order chi connectivity index (χ1) is 9.76. The third kappa shape index (κ3) is 2.67. The van der Waals surface area contributed by atoms with Gasteiger partial charge < -0.3 is 9.84 Å². The number of aryl methyl sites for hydroxylation is 2. The van der Waals surface area contributed by atoms with Crippen LogP contribution in [-0.2, 0) is 12.8 Å². The second kappa shape index (κ2) is 5.63. The van der Waals surface area contributed by atoms with Crippen LogP contribution >= 0.6 is 11.5 Å². The molecule has 4 nitrogen and oxygen atoms in total. The van der Waals surface area contributed by atoms with Crippen LogP contribution in [0, 0.1) is 0 Å². The van der Waals surface area contributed by atoms with Crippen molar-refractivity contribution < 1.29 is 13.9 Å². The molecule has 0 saturated carbocycles. The van der Waals surface area contributed by atoms with Crippen LogP contribution in [0.4, 0.5) is 0 Å². The first-order valence-corrected chi connectivity index (χ1v) is 7.48. The van der Waals surface area contributed by atoms with Gasteiger partial charge in [0, 0.05) is 14.7 Å². The molecule has 3 rings (SSSR count). The van der Waals surface area contributed by atoms with Gasteiger partial charge in [0.05, 0.1) is 17.9 Å². The molecule has 0 radical (unpaired) electrons. The Kier molecular flexibility index (Phi) is 3.69. The number of fused-ring (bicyclic) bond motifs is 1. The number of hydrogen-bond acceptors (Lipinski definition) is 4. The van der Waals surface area contributed by atoms with Gasteiger partial charge in [0.25, 0.3) is 0 Å². The molecular formula is C15H16N2O2S. The Morgan fingerprint density at radius 1 is 1.25 bits per heavy atom. The van der Waals surface area contributed by atoms with E-state index in [1.54, 1.807) is 47.0 Å². The molecule has 20 heavy (non-hydrogen) atoms. The van der Waals surface area contributed by atoms with Crippen molar-refractivity contribution in [2.24, 2.45) is 5.10 Å². The van der Waals surface area contributed by atoms with Gasteiger partial charge in [-0.15, -0.1) is 0 Å². The minimum atomic E-state index is -0.226. The minimum Gasteiger partial charge on any atom is -0.854 e. The number of nitrogens with zero attached hydrogens (tertiary/aromatic N) is 2. The molecule has 0 aliphatic heterocycles. The summed E-state index contributed by atoms with van der Waals surface area (Å²) in [5.41, 5.74) is 1.91.